The third kappa shape index (κ3) is 3.38. The van der Waals surface area contributed by atoms with E-state index in [0.29, 0.717) is 6.04 Å². The Hall–Kier alpha value is -0.220. The smallest absolute Gasteiger partial charge is 0.156 e. The van der Waals surface area contributed by atoms with Crippen LogP contribution in [0, 0.1) is 5.92 Å². The zero-order valence-corrected chi connectivity index (χ0v) is 10.5. The van der Waals surface area contributed by atoms with Gasteiger partial charge in [-0.25, -0.2) is 0 Å². The van der Waals surface area contributed by atoms with Gasteiger partial charge in [-0.2, -0.15) is 0 Å². The molecule has 1 unspecified atom stereocenters. The number of nitrogens with zero attached hydrogens (tertiary/aromatic N) is 2. The molecular formula is C11H21N3S. The highest BCUT2D eigenvalue weighted by Gasteiger charge is 2.19. The van der Waals surface area contributed by atoms with E-state index in [0.717, 1.165) is 12.5 Å². The SMILES string of the molecule is CC1CN=C(NC2CCN(C)CC2)SC1. The van der Waals surface area contributed by atoms with Gasteiger partial charge in [-0.05, 0) is 38.9 Å². The maximum absolute atomic E-state index is 4.58. The maximum Gasteiger partial charge on any atom is 0.156 e. The van der Waals surface area contributed by atoms with E-state index in [1.807, 2.05) is 11.8 Å². The van der Waals surface area contributed by atoms with E-state index in [-0.39, 0.29) is 0 Å². The quantitative estimate of drug-likeness (QED) is 0.734. The van der Waals surface area contributed by atoms with Gasteiger partial charge in [0.2, 0.25) is 0 Å². The summed E-state index contributed by atoms with van der Waals surface area (Å²) >= 11 is 1.89. The first-order chi connectivity index (χ1) is 7.24. The highest BCUT2D eigenvalue weighted by Crippen LogP contribution is 2.17. The van der Waals surface area contributed by atoms with Crippen LogP contribution < -0.4 is 5.32 Å². The van der Waals surface area contributed by atoms with E-state index in [1.165, 1.54) is 36.9 Å². The highest BCUT2D eigenvalue weighted by atomic mass is 32.2. The molecule has 0 radical (unpaired) electrons. The van der Waals surface area contributed by atoms with Gasteiger partial charge in [0.25, 0.3) is 0 Å². The predicted octanol–water partition coefficient (Wildman–Crippen LogP) is 1.41. The molecule has 4 heteroatoms. The Kier molecular flexibility index (Phi) is 3.92. The third-order valence-electron chi connectivity index (χ3n) is 3.10. The minimum absolute atomic E-state index is 0.654. The summed E-state index contributed by atoms with van der Waals surface area (Å²) < 4.78 is 0. The first-order valence-electron chi connectivity index (χ1n) is 5.86. The molecule has 1 saturated heterocycles. The summed E-state index contributed by atoms with van der Waals surface area (Å²) in [6.45, 7) is 5.70. The van der Waals surface area contributed by atoms with Crippen molar-refractivity contribution in [1.29, 1.82) is 0 Å². The van der Waals surface area contributed by atoms with Crippen molar-refractivity contribution >= 4 is 16.9 Å². The van der Waals surface area contributed by atoms with Crippen molar-refractivity contribution in [1.82, 2.24) is 10.2 Å². The van der Waals surface area contributed by atoms with Gasteiger partial charge in [-0.3, -0.25) is 4.99 Å². The van der Waals surface area contributed by atoms with Crippen molar-refractivity contribution in [2.45, 2.75) is 25.8 Å². The van der Waals surface area contributed by atoms with Crippen molar-refractivity contribution in [3.63, 3.8) is 0 Å². The Morgan fingerprint density at radius 3 is 2.73 bits per heavy atom. The number of rotatable bonds is 1. The molecule has 0 aromatic heterocycles. The lowest BCUT2D eigenvalue weighted by Gasteiger charge is -2.31. The fraction of sp³-hybridized carbons (Fsp3) is 0.909. The molecule has 0 aromatic rings. The molecule has 0 aromatic carbocycles. The Balaban J connectivity index is 1.77. The first kappa shape index (κ1) is 11.3. The molecule has 1 N–H and O–H groups in total. The van der Waals surface area contributed by atoms with Gasteiger partial charge in [0.1, 0.15) is 0 Å². The van der Waals surface area contributed by atoms with Crippen LogP contribution in [0.2, 0.25) is 0 Å². The van der Waals surface area contributed by atoms with Gasteiger partial charge in [0.15, 0.2) is 5.17 Å². The lowest BCUT2D eigenvalue weighted by atomic mass is 10.1. The van der Waals surface area contributed by atoms with Crippen molar-refractivity contribution in [2.24, 2.45) is 10.9 Å². The molecule has 2 aliphatic rings. The second kappa shape index (κ2) is 5.21. The maximum atomic E-state index is 4.58. The minimum Gasteiger partial charge on any atom is -0.362 e. The molecule has 0 amide bonds. The van der Waals surface area contributed by atoms with Gasteiger partial charge in [0, 0.05) is 18.3 Å². The summed E-state index contributed by atoms with van der Waals surface area (Å²) in [4.78, 5) is 6.98. The number of hydrogen-bond donors (Lipinski definition) is 1. The number of amidine groups is 1. The average molecular weight is 227 g/mol. The van der Waals surface area contributed by atoms with Gasteiger partial charge in [-0.1, -0.05) is 18.7 Å². The number of aliphatic imine (C=N–C) groups is 1. The third-order valence-corrected chi connectivity index (χ3v) is 4.35. The Labute approximate surface area is 96.7 Å². The van der Waals surface area contributed by atoms with E-state index in [9.17, 15) is 0 Å². The predicted molar refractivity (Wildman–Crippen MR) is 67.6 cm³/mol. The molecule has 2 heterocycles. The van der Waals surface area contributed by atoms with E-state index < -0.39 is 0 Å². The zero-order valence-electron chi connectivity index (χ0n) is 9.70. The zero-order chi connectivity index (χ0) is 10.7. The standard InChI is InChI=1S/C11H21N3S/c1-9-7-12-11(15-8-9)13-10-3-5-14(2)6-4-10/h9-10H,3-8H2,1-2H3,(H,12,13). The molecular weight excluding hydrogens is 206 g/mol. The largest absolute Gasteiger partial charge is 0.362 e. The van der Waals surface area contributed by atoms with Crippen LogP contribution in [0.3, 0.4) is 0 Å². The van der Waals surface area contributed by atoms with Crippen LogP contribution >= 0.6 is 11.8 Å². The number of hydrogen-bond acceptors (Lipinski definition) is 4. The Bertz CT molecular complexity index is 234. The number of likely N-dealkylation sites (tertiary alicyclic amines) is 1. The van der Waals surface area contributed by atoms with Gasteiger partial charge >= 0.3 is 0 Å². The summed E-state index contributed by atoms with van der Waals surface area (Å²) in [5.41, 5.74) is 0. The summed E-state index contributed by atoms with van der Waals surface area (Å²) in [5, 5.41) is 4.77. The molecule has 1 atom stereocenters. The minimum atomic E-state index is 0.654. The molecule has 0 spiro atoms. The number of thioether (sulfide) groups is 1. The lowest BCUT2D eigenvalue weighted by Crippen LogP contribution is -2.43. The van der Waals surface area contributed by atoms with Crippen LogP contribution in [-0.4, -0.2) is 48.5 Å². The highest BCUT2D eigenvalue weighted by molar-refractivity contribution is 8.13. The normalized spacial score (nSPS) is 30.0. The van der Waals surface area contributed by atoms with Crippen molar-refractivity contribution in [3.05, 3.63) is 0 Å². The molecule has 15 heavy (non-hydrogen) atoms. The second-order valence-electron chi connectivity index (χ2n) is 4.78. The topological polar surface area (TPSA) is 27.6 Å². The second-order valence-corrected chi connectivity index (χ2v) is 5.79. The molecule has 2 rings (SSSR count). The van der Waals surface area contributed by atoms with Crippen LogP contribution in [-0.2, 0) is 0 Å². The van der Waals surface area contributed by atoms with Crippen LogP contribution in [0.15, 0.2) is 4.99 Å². The monoisotopic (exact) mass is 227 g/mol. The van der Waals surface area contributed by atoms with E-state index >= 15 is 0 Å². The van der Waals surface area contributed by atoms with Gasteiger partial charge in [0.05, 0.1) is 0 Å². The summed E-state index contributed by atoms with van der Waals surface area (Å²) in [5.74, 6) is 1.97. The van der Waals surface area contributed by atoms with Crippen molar-refractivity contribution < 1.29 is 0 Å². The van der Waals surface area contributed by atoms with E-state index in [4.69, 9.17) is 0 Å². The van der Waals surface area contributed by atoms with Crippen molar-refractivity contribution in [2.75, 3.05) is 32.4 Å². The molecule has 86 valence electrons. The molecule has 3 nitrogen and oxygen atoms in total. The molecule has 1 fully saturated rings. The van der Waals surface area contributed by atoms with Crippen LogP contribution in [0.1, 0.15) is 19.8 Å². The van der Waals surface area contributed by atoms with E-state index in [1.54, 1.807) is 0 Å². The van der Waals surface area contributed by atoms with Gasteiger partial charge < -0.3 is 10.2 Å². The molecule has 0 bridgehead atoms. The van der Waals surface area contributed by atoms with Crippen LogP contribution in [0.25, 0.3) is 0 Å². The Morgan fingerprint density at radius 2 is 2.13 bits per heavy atom. The van der Waals surface area contributed by atoms with Crippen molar-refractivity contribution in [3.8, 4) is 0 Å². The molecule has 0 aliphatic carbocycles. The Morgan fingerprint density at radius 1 is 1.40 bits per heavy atom. The van der Waals surface area contributed by atoms with E-state index in [2.05, 4.69) is 29.2 Å². The van der Waals surface area contributed by atoms with Crippen LogP contribution in [0.4, 0.5) is 0 Å². The number of nitrogens with one attached hydrogen (secondary N) is 1. The van der Waals surface area contributed by atoms with Crippen LogP contribution in [0.5, 0.6) is 0 Å². The molecule has 2 aliphatic heterocycles. The summed E-state index contributed by atoms with van der Waals surface area (Å²) in [7, 11) is 2.20. The number of piperidine rings is 1. The lowest BCUT2D eigenvalue weighted by molar-refractivity contribution is 0.247. The fourth-order valence-electron chi connectivity index (χ4n) is 1.97. The summed E-state index contributed by atoms with van der Waals surface area (Å²) in [6, 6.07) is 0.654. The average Bonchev–Trinajstić information content (AvgIpc) is 2.25. The first-order valence-corrected chi connectivity index (χ1v) is 6.85. The fourth-order valence-corrected chi connectivity index (χ4v) is 2.94. The van der Waals surface area contributed by atoms with Gasteiger partial charge in [-0.15, -0.1) is 0 Å². The summed E-state index contributed by atoms with van der Waals surface area (Å²) in [6.07, 6.45) is 2.51. The molecule has 0 saturated carbocycles.